The van der Waals surface area contributed by atoms with Crippen LogP contribution in [0.1, 0.15) is 15.9 Å². The number of anilines is 1. The maximum absolute atomic E-state index is 13.6. The minimum Gasteiger partial charge on any atom is -0.493 e. The van der Waals surface area contributed by atoms with Crippen molar-refractivity contribution in [2.24, 2.45) is 0 Å². The van der Waals surface area contributed by atoms with Crippen LogP contribution in [0.25, 0.3) is 10.6 Å². The molecule has 0 atom stereocenters. The Morgan fingerprint density at radius 3 is 2.27 bits per heavy atom. The minimum absolute atomic E-state index is 0.0791. The molecule has 0 unspecified atom stereocenters. The first-order chi connectivity index (χ1) is 16.0. The summed E-state index contributed by atoms with van der Waals surface area (Å²) in [5, 5.41) is 5.21. The highest BCUT2D eigenvalue weighted by atomic mass is 32.1. The van der Waals surface area contributed by atoms with E-state index in [4.69, 9.17) is 23.7 Å². The Labute approximate surface area is 195 Å². The lowest BCUT2D eigenvalue weighted by Crippen LogP contribution is -2.18. The van der Waals surface area contributed by atoms with Gasteiger partial charge in [0.25, 0.3) is 0 Å². The average molecular weight is 473 g/mol. The van der Waals surface area contributed by atoms with Gasteiger partial charge in [0, 0.05) is 35.4 Å². The van der Waals surface area contributed by atoms with Crippen molar-refractivity contribution in [2.45, 2.75) is 0 Å². The van der Waals surface area contributed by atoms with Crippen LogP contribution in [0.5, 0.6) is 17.2 Å². The van der Waals surface area contributed by atoms with E-state index in [1.165, 1.54) is 39.8 Å². The van der Waals surface area contributed by atoms with Gasteiger partial charge in [-0.2, -0.15) is 0 Å². The van der Waals surface area contributed by atoms with Crippen LogP contribution in [0.2, 0.25) is 0 Å². The number of rotatable bonds is 10. The summed E-state index contributed by atoms with van der Waals surface area (Å²) in [7, 11) is 5.93. The molecule has 0 saturated carbocycles. The molecule has 174 valence electrons. The second-order valence-electron chi connectivity index (χ2n) is 6.59. The molecular weight excluding hydrogens is 448 g/mol. The number of methoxy groups -OCH3 is 4. The molecule has 3 aromatic rings. The molecule has 10 heteroatoms. The maximum atomic E-state index is 13.6. The minimum atomic E-state index is -0.701. The number of nitrogens with zero attached hydrogens (tertiary/aromatic N) is 1. The molecule has 0 radical (unpaired) electrons. The SMILES string of the molecule is COCCOC(=O)Nc1ccc(-c2nccs2)cc1C(=O)c1cc(OC)c(OC)c(OC)c1. The maximum Gasteiger partial charge on any atom is 0.411 e. The van der Waals surface area contributed by atoms with E-state index in [2.05, 4.69) is 10.3 Å². The molecule has 3 rings (SSSR count). The Bertz CT molecular complexity index is 1090. The average Bonchev–Trinajstić information content (AvgIpc) is 3.38. The van der Waals surface area contributed by atoms with Gasteiger partial charge in [-0.05, 0) is 30.3 Å². The molecule has 0 saturated heterocycles. The smallest absolute Gasteiger partial charge is 0.411 e. The summed E-state index contributed by atoms with van der Waals surface area (Å²) in [6, 6.07) is 8.20. The Morgan fingerprint density at radius 2 is 1.70 bits per heavy atom. The van der Waals surface area contributed by atoms with Crippen molar-refractivity contribution in [3.63, 3.8) is 0 Å². The third kappa shape index (κ3) is 5.60. The van der Waals surface area contributed by atoms with Crippen LogP contribution < -0.4 is 19.5 Å². The molecule has 33 heavy (non-hydrogen) atoms. The normalized spacial score (nSPS) is 10.4. The lowest BCUT2D eigenvalue weighted by Gasteiger charge is -2.15. The quantitative estimate of drug-likeness (QED) is 0.345. The van der Waals surface area contributed by atoms with Gasteiger partial charge in [-0.15, -0.1) is 11.3 Å². The summed E-state index contributed by atoms with van der Waals surface area (Å²) in [6.45, 7) is 0.337. The van der Waals surface area contributed by atoms with E-state index in [1.807, 2.05) is 5.38 Å². The van der Waals surface area contributed by atoms with Crippen molar-refractivity contribution in [1.29, 1.82) is 0 Å². The van der Waals surface area contributed by atoms with Gasteiger partial charge in [-0.25, -0.2) is 9.78 Å². The number of aromatic nitrogens is 1. The second-order valence-corrected chi connectivity index (χ2v) is 7.49. The monoisotopic (exact) mass is 472 g/mol. The summed E-state index contributed by atoms with van der Waals surface area (Å²) in [5.41, 5.74) is 1.56. The Hall–Kier alpha value is -3.63. The van der Waals surface area contributed by atoms with Gasteiger partial charge in [0.2, 0.25) is 5.75 Å². The van der Waals surface area contributed by atoms with Crippen molar-refractivity contribution in [3.8, 4) is 27.8 Å². The van der Waals surface area contributed by atoms with Gasteiger partial charge in [0.1, 0.15) is 11.6 Å². The molecule has 2 aromatic carbocycles. The molecule has 0 aliphatic rings. The lowest BCUT2D eigenvalue weighted by molar-refractivity contribution is 0.103. The standard InChI is InChI=1S/C23H24N2O7S/c1-28-8-9-32-23(27)25-17-6-5-14(22-24-7-10-33-22)11-16(17)20(26)15-12-18(29-2)21(31-4)19(13-15)30-3/h5-7,10-13H,8-9H2,1-4H3,(H,25,27). The Morgan fingerprint density at radius 1 is 0.970 bits per heavy atom. The number of benzene rings is 2. The summed E-state index contributed by atoms with van der Waals surface area (Å²) in [5.74, 6) is 0.683. The number of ether oxygens (including phenoxy) is 5. The predicted molar refractivity (Wildman–Crippen MR) is 124 cm³/mol. The number of nitrogens with one attached hydrogen (secondary N) is 1. The Kier molecular flexibility index (Phi) is 8.22. The van der Waals surface area contributed by atoms with E-state index in [0.717, 1.165) is 10.6 Å². The van der Waals surface area contributed by atoms with Crippen molar-refractivity contribution in [1.82, 2.24) is 4.98 Å². The molecule has 1 N–H and O–H groups in total. The van der Waals surface area contributed by atoms with Crippen LogP contribution in [0.4, 0.5) is 10.5 Å². The van der Waals surface area contributed by atoms with Crippen LogP contribution in [0.15, 0.2) is 41.9 Å². The molecule has 0 bridgehead atoms. The first kappa shape index (κ1) is 24.0. The van der Waals surface area contributed by atoms with E-state index < -0.39 is 6.09 Å². The van der Waals surface area contributed by atoms with Crippen LogP contribution in [0.3, 0.4) is 0 Å². The number of carbonyl (C=O) groups is 2. The van der Waals surface area contributed by atoms with Gasteiger partial charge in [-0.1, -0.05) is 0 Å². The van der Waals surface area contributed by atoms with Crippen LogP contribution in [-0.2, 0) is 9.47 Å². The van der Waals surface area contributed by atoms with Crippen molar-refractivity contribution in [3.05, 3.63) is 53.0 Å². The zero-order valence-electron chi connectivity index (χ0n) is 18.7. The summed E-state index contributed by atoms with van der Waals surface area (Å²) >= 11 is 1.44. The number of carbonyl (C=O) groups excluding carboxylic acids is 2. The van der Waals surface area contributed by atoms with Crippen molar-refractivity contribution >= 4 is 28.9 Å². The summed E-state index contributed by atoms with van der Waals surface area (Å²) in [4.78, 5) is 30.1. The molecule has 0 aliphatic heterocycles. The topological polar surface area (TPSA) is 105 Å². The highest BCUT2D eigenvalue weighted by Gasteiger charge is 2.22. The number of amides is 1. The summed E-state index contributed by atoms with van der Waals surface area (Å²) < 4.78 is 26.0. The summed E-state index contributed by atoms with van der Waals surface area (Å²) in [6.07, 6.45) is 0.980. The van der Waals surface area contributed by atoms with Gasteiger partial charge in [-0.3, -0.25) is 10.1 Å². The third-order valence-corrected chi connectivity index (χ3v) is 5.45. The Balaban J connectivity index is 2.04. The molecule has 0 aliphatic carbocycles. The predicted octanol–water partition coefficient (Wildman–Crippen LogP) is 4.26. The van der Waals surface area contributed by atoms with Crippen LogP contribution in [0, 0.1) is 0 Å². The second kappa shape index (κ2) is 11.3. The molecule has 1 aromatic heterocycles. The van der Waals surface area contributed by atoms with Crippen LogP contribution in [-0.4, -0.2) is 58.5 Å². The van der Waals surface area contributed by atoms with E-state index in [9.17, 15) is 9.59 Å². The largest absolute Gasteiger partial charge is 0.493 e. The number of hydrogen-bond donors (Lipinski definition) is 1. The zero-order chi connectivity index (χ0) is 23.8. The first-order valence-electron chi connectivity index (χ1n) is 9.83. The van der Waals surface area contributed by atoms with E-state index in [1.54, 1.807) is 36.5 Å². The number of ketones is 1. The fourth-order valence-corrected chi connectivity index (χ4v) is 3.71. The molecule has 0 fully saturated rings. The first-order valence-corrected chi connectivity index (χ1v) is 10.7. The zero-order valence-corrected chi connectivity index (χ0v) is 19.5. The van der Waals surface area contributed by atoms with Crippen molar-refractivity contribution in [2.75, 3.05) is 47.0 Å². The lowest BCUT2D eigenvalue weighted by atomic mass is 9.98. The highest BCUT2D eigenvalue weighted by Crippen LogP contribution is 2.39. The fraction of sp³-hybridized carbons (Fsp3) is 0.261. The van der Waals surface area contributed by atoms with Gasteiger partial charge in [0.05, 0.1) is 33.6 Å². The molecule has 1 amide bonds. The highest BCUT2D eigenvalue weighted by molar-refractivity contribution is 7.13. The van der Waals surface area contributed by atoms with E-state index in [0.29, 0.717) is 17.2 Å². The molecule has 0 spiro atoms. The number of hydrogen-bond acceptors (Lipinski definition) is 9. The van der Waals surface area contributed by atoms with E-state index >= 15 is 0 Å². The van der Waals surface area contributed by atoms with E-state index in [-0.39, 0.29) is 35.8 Å². The number of thiazole rings is 1. The van der Waals surface area contributed by atoms with Crippen molar-refractivity contribution < 1.29 is 33.3 Å². The van der Waals surface area contributed by atoms with Crippen LogP contribution >= 0.6 is 11.3 Å². The molecule has 9 nitrogen and oxygen atoms in total. The fourth-order valence-electron chi connectivity index (χ4n) is 3.07. The van der Waals surface area contributed by atoms with Gasteiger partial charge in [0.15, 0.2) is 17.3 Å². The molecular formula is C23H24N2O7S. The van der Waals surface area contributed by atoms with Gasteiger partial charge < -0.3 is 23.7 Å². The molecule has 1 heterocycles. The van der Waals surface area contributed by atoms with Gasteiger partial charge >= 0.3 is 6.09 Å². The third-order valence-electron chi connectivity index (χ3n) is 4.63.